The SMILES string of the molecule is C=C(c1ccccc1)c1ccc([SiH2]OC(C)C)cc1. The van der Waals surface area contributed by atoms with Crippen molar-refractivity contribution < 1.29 is 4.43 Å². The third-order valence-corrected chi connectivity index (χ3v) is 4.65. The van der Waals surface area contributed by atoms with Gasteiger partial charge in [-0.15, -0.1) is 0 Å². The molecule has 0 aliphatic rings. The van der Waals surface area contributed by atoms with Gasteiger partial charge in [-0.25, -0.2) is 0 Å². The second kappa shape index (κ2) is 6.50. The average molecular weight is 268 g/mol. The Bertz CT molecular complexity index is 529. The Hall–Kier alpha value is -1.64. The van der Waals surface area contributed by atoms with Gasteiger partial charge in [0.05, 0.1) is 0 Å². The molecule has 98 valence electrons. The molecule has 0 bridgehead atoms. The molecule has 2 aromatic carbocycles. The maximum atomic E-state index is 5.73. The summed E-state index contributed by atoms with van der Waals surface area (Å²) < 4.78 is 5.73. The van der Waals surface area contributed by atoms with Crippen LogP contribution in [-0.2, 0) is 4.43 Å². The first-order chi connectivity index (χ1) is 9.16. The molecule has 2 aromatic rings. The number of hydrogen-bond acceptors (Lipinski definition) is 1. The highest BCUT2D eigenvalue weighted by Crippen LogP contribution is 2.20. The third-order valence-electron chi connectivity index (χ3n) is 3.01. The molecule has 1 nitrogen and oxygen atoms in total. The fraction of sp³-hybridized carbons (Fsp3) is 0.176. The van der Waals surface area contributed by atoms with Gasteiger partial charge < -0.3 is 4.43 Å². The first kappa shape index (κ1) is 13.8. The van der Waals surface area contributed by atoms with Crippen molar-refractivity contribution in [2.75, 3.05) is 0 Å². The van der Waals surface area contributed by atoms with Crippen molar-refractivity contribution in [1.82, 2.24) is 0 Å². The summed E-state index contributed by atoms with van der Waals surface area (Å²) in [7, 11) is -0.592. The first-order valence-electron chi connectivity index (χ1n) is 6.62. The quantitative estimate of drug-likeness (QED) is 0.758. The highest BCUT2D eigenvalue weighted by molar-refractivity contribution is 6.46. The van der Waals surface area contributed by atoms with Gasteiger partial charge in [-0.3, -0.25) is 0 Å². The van der Waals surface area contributed by atoms with Crippen LogP contribution in [0.15, 0.2) is 61.2 Å². The molecule has 0 N–H and O–H groups in total. The molecular weight excluding hydrogens is 248 g/mol. The predicted octanol–water partition coefficient (Wildman–Crippen LogP) is 2.88. The Balaban J connectivity index is 2.08. The Morgan fingerprint density at radius 3 is 2.11 bits per heavy atom. The maximum Gasteiger partial charge on any atom is 0.192 e. The Labute approximate surface area is 117 Å². The van der Waals surface area contributed by atoms with Gasteiger partial charge in [0, 0.05) is 6.10 Å². The molecule has 2 heteroatoms. The molecule has 0 aromatic heterocycles. The van der Waals surface area contributed by atoms with E-state index in [0.29, 0.717) is 6.10 Å². The Kier molecular flexibility index (Phi) is 4.72. The number of hydrogen-bond donors (Lipinski definition) is 0. The lowest BCUT2D eigenvalue weighted by molar-refractivity contribution is 0.260. The highest BCUT2D eigenvalue weighted by Gasteiger charge is 2.03. The van der Waals surface area contributed by atoms with Gasteiger partial charge in [-0.05, 0) is 35.7 Å². The van der Waals surface area contributed by atoms with Crippen molar-refractivity contribution in [3.63, 3.8) is 0 Å². The van der Waals surface area contributed by atoms with E-state index in [9.17, 15) is 0 Å². The van der Waals surface area contributed by atoms with E-state index >= 15 is 0 Å². The molecule has 0 aliphatic heterocycles. The number of rotatable bonds is 5. The molecule has 0 atom stereocenters. The van der Waals surface area contributed by atoms with E-state index in [-0.39, 0.29) is 0 Å². The maximum absolute atomic E-state index is 5.73. The normalized spacial score (nSPS) is 11.3. The van der Waals surface area contributed by atoms with Crippen molar-refractivity contribution in [2.45, 2.75) is 20.0 Å². The smallest absolute Gasteiger partial charge is 0.192 e. The lowest BCUT2D eigenvalue weighted by Crippen LogP contribution is -2.20. The summed E-state index contributed by atoms with van der Waals surface area (Å²) in [6.07, 6.45) is 0.325. The summed E-state index contributed by atoms with van der Waals surface area (Å²) in [5.74, 6) is 0. The van der Waals surface area contributed by atoms with Crippen LogP contribution in [0.5, 0.6) is 0 Å². The van der Waals surface area contributed by atoms with Crippen LogP contribution in [0.1, 0.15) is 25.0 Å². The fourth-order valence-electron chi connectivity index (χ4n) is 1.87. The molecule has 0 spiro atoms. The van der Waals surface area contributed by atoms with Crippen molar-refractivity contribution in [3.8, 4) is 0 Å². The van der Waals surface area contributed by atoms with E-state index in [2.05, 4.69) is 56.8 Å². The van der Waals surface area contributed by atoms with Gasteiger partial charge in [0.2, 0.25) is 0 Å². The first-order valence-corrected chi connectivity index (χ1v) is 7.90. The number of benzene rings is 2. The molecule has 0 saturated heterocycles. The van der Waals surface area contributed by atoms with Gasteiger partial charge in [-0.2, -0.15) is 0 Å². The highest BCUT2D eigenvalue weighted by atomic mass is 28.2. The van der Waals surface area contributed by atoms with Gasteiger partial charge in [0.25, 0.3) is 0 Å². The van der Waals surface area contributed by atoms with Crippen LogP contribution in [0.4, 0.5) is 0 Å². The minimum absolute atomic E-state index is 0.325. The lowest BCUT2D eigenvalue weighted by atomic mass is 10.00. The van der Waals surface area contributed by atoms with Crippen LogP contribution in [0.3, 0.4) is 0 Å². The second-order valence-corrected chi connectivity index (χ2v) is 6.34. The van der Waals surface area contributed by atoms with Gasteiger partial charge in [0.15, 0.2) is 9.76 Å². The molecule has 0 amide bonds. The summed E-state index contributed by atoms with van der Waals surface area (Å²) in [6.45, 7) is 8.34. The fourth-order valence-corrected chi connectivity index (χ4v) is 2.82. The third kappa shape index (κ3) is 3.91. The summed E-state index contributed by atoms with van der Waals surface area (Å²) in [6, 6.07) is 18.9. The average Bonchev–Trinajstić information content (AvgIpc) is 2.46. The molecule has 2 rings (SSSR count). The molecule has 19 heavy (non-hydrogen) atoms. The standard InChI is InChI=1S/C17H20OSi/c1-13(2)18-19-17-11-9-16(10-12-17)14(3)15-7-5-4-6-8-15/h4-13H,3,19H2,1-2H3. The summed E-state index contributed by atoms with van der Waals surface area (Å²) in [5, 5.41) is 1.33. The molecule has 0 radical (unpaired) electrons. The zero-order valence-electron chi connectivity index (χ0n) is 11.6. The molecular formula is C17H20OSi. The molecule has 0 saturated carbocycles. The Morgan fingerprint density at radius 1 is 0.947 bits per heavy atom. The molecule has 0 heterocycles. The van der Waals surface area contributed by atoms with Crippen LogP contribution in [0, 0.1) is 0 Å². The van der Waals surface area contributed by atoms with Crippen molar-refractivity contribution in [1.29, 1.82) is 0 Å². The molecule has 0 fully saturated rings. The van der Waals surface area contributed by atoms with E-state index < -0.39 is 9.76 Å². The van der Waals surface area contributed by atoms with Crippen molar-refractivity contribution in [3.05, 3.63) is 72.3 Å². The summed E-state index contributed by atoms with van der Waals surface area (Å²) in [5.41, 5.74) is 3.41. The van der Waals surface area contributed by atoms with Crippen molar-refractivity contribution >= 4 is 20.5 Å². The second-order valence-electron chi connectivity index (χ2n) is 4.90. The minimum Gasteiger partial charge on any atom is -0.416 e. The summed E-state index contributed by atoms with van der Waals surface area (Å²) in [4.78, 5) is 0. The summed E-state index contributed by atoms with van der Waals surface area (Å²) >= 11 is 0. The largest absolute Gasteiger partial charge is 0.416 e. The topological polar surface area (TPSA) is 9.23 Å². The minimum atomic E-state index is -0.592. The van der Waals surface area contributed by atoms with E-state index in [1.165, 1.54) is 16.3 Å². The van der Waals surface area contributed by atoms with E-state index in [1.54, 1.807) is 0 Å². The monoisotopic (exact) mass is 268 g/mol. The van der Waals surface area contributed by atoms with Crippen LogP contribution < -0.4 is 5.19 Å². The zero-order chi connectivity index (χ0) is 13.7. The van der Waals surface area contributed by atoms with Gasteiger partial charge in [0.1, 0.15) is 0 Å². The lowest BCUT2D eigenvalue weighted by Gasteiger charge is -2.09. The van der Waals surface area contributed by atoms with Crippen LogP contribution in [0.25, 0.3) is 5.57 Å². The molecule has 0 aliphatic carbocycles. The predicted molar refractivity (Wildman–Crippen MR) is 85.4 cm³/mol. The van der Waals surface area contributed by atoms with E-state index in [1.807, 2.05) is 18.2 Å². The molecule has 0 unspecified atom stereocenters. The van der Waals surface area contributed by atoms with Crippen LogP contribution in [0.2, 0.25) is 0 Å². The van der Waals surface area contributed by atoms with Gasteiger partial charge >= 0.3 is 0 Å². The van der Waals surface area contributed by atoms with Crippen LogP contribution in [-0.4, -0.2) is 15.9 Å². The Morgan fingerprint density at radius 2 is 1.53 bits per heavy atom. The van der Waals surface area contributed by atoms with Crippen LogP contribution >= 0.6 is 0 Å². The van der Waals surface area contributed by atoms with Crippen molar-refractivity contribution in [2.24, 2.45) is 0 Å². The van der Waals surface area contributed by atoms with Gasteiger partial charge in [-0.1, -0.05) is 61.2 Å². The van der Waals surface area contributed by atoms with E-state index in [4.69, 9.17) is 4.43 Å². The van der Waals surface area contributed by atoms with E-state index in [0.717, 1.165) is 5.57 Å². The zero-order valence-corrected chi connectivity index (χ0v) is 13.0.